The highest BCUT2D eigenvalue weighted by atomic mass is 35.5. The number of methoxy groups -OCH3 is 2. The monoisotopic (exact) mass is 402 g/mol. The zero-order valence-corrected chi connectivity index (χ0v) is 16.6. The maximum absolute atomic E-state index is 12.5. The minimum Gasteiger partial charge on any atom is -0.493 e. The molecule has 0 unspecified atom stereocenters. The van der Waals surface area contributed by atoms with Crippen molar-refractivity contribution in [1.29, 1.82) is 0 Å². The Morgan fingerprint density at radius 1 is 1.26 bits per heavy atom. The predicted molar refractivity (Wildman–Crippen MR) is 109 cm³/mol. The third kappa shape index (κ3) is 4.07. The summed E-state index contributed by atoms with van der Waals surface area (Å²) in [5.74, 6) is 0.993. The number of benzene rings is 2. The van der Waals surface area contributed by atoms with E-state index in [0.29, 0.717) is 27.9 Å². The van der Waals surface area contributed by atoms with Gasteiger partial charge in [0.25, 0.3) is 5.91 Å². The molecule has 7 heteroatoms. The van der Waals surface area contributed by atoms with E-state index >= 15 is 0 Å². The highest BCUT2D eigenvalue weighted by molar-refractivity contribution is 7.16. The lowest BCUT2D eigenvalue weighted by atomic mass is 10.1. The van der Waals surface area contributed by atoms with Gasteiger partial charge in [-0.05, 0) is 11.6 Å². The molecule has 0 aliphatic rings. The number of halogens is 1. The fourth-order valence-corrected chi connectivity index (χ4v) is 4.01. The van der Waals surface area contributed by atoms with Crippen LogP contribution in [-0.4, -0.2) is 24.7 Å². The molecule has 2 aromatic carbocycles. The topological polar surface area (TPSA) is 52.8 Å². The van der Waals surface area contributed by atoms with Crippen molar-refractivity contribution in [2.24, 2.45) is 4.99 Å². The highest BCUT2D eigenvalue weighted by Crippen LogP contribution is 2.33. The average Bonchev–Trinajstić information content (AvgIpc) is 2.98. The van der Waals surface area contributed by atoms with Crippen molar-refractivity contribution >= 4 is 39.1 Å². The summed E-state index contributed by atoms with van der Waals surface area (Å²) < 4.78 is 13.6. The molecule has 0 bridgehead atoms. The van der Waals surface area contributed by atoms with Crippen LogP contribution in [0.25, 0.3) is 10.2 Å². The minimum absolute atomic E-state index is 0.147. The second kappa shape index (κ2) is 8.41. The Kier molecular flexibility index (Phi) is 5.98. The van der Waals surface area contributed by atoms with Crippen LogP contribution < -0.4 is 14.3 Å². The fraction of sp³-hybridized carbons (Fsp3) is 0.200. The quantitative estimate of drug-likeness (QED) is 0.580. The van der Waals surface area contributed by atoms with Crippen molar-refractivity contribution < 1.29 is 14.3 Å². The van der Waals surface area contributed by atoms with Gasteiger partial charge in [0.05, 0.1) is 30.9 Å². The normalized spacial score (nSPS) is 11.6. The summed E-state index contributed by atoms with van der Waals surface area (Å²) in [6.07, 6.45) is 1.91. The number of aromatic nitrogens is 1. The van der Waals surface area contributed by atoms with Crippen LogP contribution in [0.15, 0.2) is 54.0 Å². The Hall–Kier alpha value is -2.57. The zero-order chi connectivity index (χ0) is 19.4. The van der Waals surface area contributed by atoms with Gasteiger partial charge in [-0.1, -0.05) is 47.2 Å². The van der Waals surface area contributed by atoms with E-state index in [0.717, 1.165) is 15.8 Å². The number of hydrogen-bond donors (Lipinski definition) is 0. The van der Waals surface area contributed by atoms with Crippen LogP contribution in [0.5, 0.6) is 11.5 Å². The lowest BCUT2D eigenvalue weighted by molar-refractivity contribution is -0.117. The fourth-order valence-electron chi connectivity index (χ4n) is 2.74. The number of ether oxygens (including phenoxy) is 2. The summed E-state index contributed by atoms with van der Waals surface area (Å²) >= 11 is 7.56. The first-order valence-electron chi connectivity index (χ1n) is 8.24. The molecular formula is C20H19ClN2O3S. The van der Waals surface area contributed by atoms with Crippen LogP contribution in [0.4, 0.5) is 0 Å². The molecule has 0 aliphatic carbocycles. The van der Waals surface area contributed by atoms with E-state index in [2.05, 4.69) is 11.6 Å². The molecule has 1 amide bonds. The maximum Gasteiger partial charge on any atom is 0.252 e. The lowest BCUT2D eigenvalue weighted by Crippen LogP contribution is -2.17. The second-order valence-electron chi connectivity index (χ2n) is 5.73. The van der Waals surface area contributed by atoms with Gasteiger partial charge < -0.3 is 14.0 Å². The summed E-state index contributed by atoms with van der Waals surface area (Å²) in [5.41, 5.74) is 1.66. The van der Waals surface area contributed by atoms with Crippen molar-refractivity contribution in [2.45, 2.75) is 13.0 Å². The number of rotatable bonds is 6. The first kappa shape index (κ1) is 19.2. The molecule has 0 radical (unpaired) electrons. The molecule has 1 heterocycles. The molecule has 0 saturated heterocycles. The van der Waals surface area contributed by atoms with Crippen molar-refractivity contribution in [2.75, 3.05) is 14.2 Å². The van der Waals surface area contributed by atoms with E-state index in [1.807, 2.05) is 34.9 Å². The lowest BCUT2D eigenvalue weighted by Gasteiger charge is -2.08. The van der Waals surface area contributed by atoms with Gasteiger partial charge in [0.1, 0.15) is 0 Å². The number of amides is 1. The zero-order valence-electron chi connectivity index (χ0n) is 15.1. The molecule has 3 rings (SSSR count). The number of hydrogen-bond acceptors (Lipinski definition) is 4. The van der Waals surface area contributed by atoms with Gasteiger partial charge in [0, 0.05) is 23.7 Å². The largest absolute Gasteiger partial charge is 0.493 e. The number of carbonyl (C=O) groups is 1. The molecule has 140 valence electrons. The van der Waals surface area contributed by atoms with Crippen LogP contribution in [0.3, 0.4) is 0 Å². The summed E-state index contributed by atoms with van der Waals surface area (Å²) in [5, 5.41) is 0.561. The Balaban J connectivity index is 2.08. The number of carbonyl (C=O) groups excluding carboxylic acids is 1. The van der Waals surface area contributed by atoms with Gasteiger partial charge >= 0.3 is 0 Å². The Morgan fingerprint density at radius 3 is 2.63 bits per heavy atom. The summed E-state index contributed by atoms with van der Waals surface area (Å²) in [6.45, 7) is 4.32. The molecule has 0 spiro atoms. The molecular weight excluding hydrogens is 384 g/mol. The number of nitrogens with zero attached hydrogens (tertiary/aromatic N) is 2. The minimum atomic E-state index is -0.258. The van der Waals surface area contributed by atoms with Gasteiger partial charge in [-0.3, -0.25) is 4.79 Å². The number of fused-ring (bicyclic) bond motifs is 1. The first-order chi connectivity index (χ1) is 13.1. The van der Waals surface area contributed by atoms with Gasteiger partial charge in [-0.15, -0.1) is 6.58 Å². The third-order valence-electron chi connectivity index (χ3n) is 4.02. The molecule has 0 fully saturated rings. The van der Waals surface area contributed by atoms with Crippen LogP contribution in [0, 0.1) is 0 Å². The van der Waals surface area contributed by atoms with Crippen LogP contribution in [0.1, 0.15) is 5.56 Å². The van der Waals surface area contributed by atoms with Gasteiger partial charge in [0.2, 0.25) is 0 Å². The molecule has 5 nitrogen and oxygen atoms in total. The Labute approximate surface area is 166 Å². The van der Waals surface area contributed by atoms with Crippen LogP contribution in [-0.2, 0) is 17.8 Å². The standard InChI is InChI=1S/C20H19ClN2O3S/c1-4-9-23-15-11-16(25-2)17(26-3)12-18(15)27-20(23)22-19(24)10-13-7-5-6-8-14(13)21/h4-8,11-12H,1,9-10H2,2-3H3. The van der Waals surface area contributed by atoms with E-state index in [9.17, 15) is 4.79 Å². The second-order valence-corrected chi connectivity index (χ2v) is 7.15. The summed E-state index contributed by atoms with van der Waals surface area (Å²) in [4.78, 5) is 17.4. The molecule has 3 aromatic rings. The average molecular weight is 403 g/mol. The van der Waals surface area contributed by atoms with E-state index < -0.39 is 0 Å². The molecule has 0 aliphatic heterocycles. The van der Waals surface area contributed by atoms with E-state index in [4.69, 9.17) is 21.1 Å². The van der Waals surface area contributed by atoms with Crippen LogP contribution >= 0.6 is 22.9 Å². The van der Waals surface area contributed by atoms with Gasteiger partial charge in [-0.2, -0.15) is 4.99 Å². The molecule has 1 aromatic heterocycles. The highest BCUT2D eigenvalue weighted by Gasteiger charge is 2.13. The Bertz CT molecular complexity index is 1070. The smallest absolute Gasteiger partial charge is 0.252 e. The van der Waals surface area contributed by atoms with Crippen LogP contribution in [0.2, 0.25) is 5.02 Å². The van der Waals surface area contributed by atoms with Gasteiger partial charge in [0.15, 0.2) is 16.3 Å². The molecule has 0 N–H and O–H groups in total. The first-order valence-corrected chi connectivity index (χ1v) is 9.44. The summed E-state index contributed by atoms with van der Waals surface area (Å²) in [6, 6.07) is 11.0. The van der Waals surface area contributed by atoms with Crippen molar-refractivity contribution in [3.63, 3.8) is 0 Å². The molecule has 0 atom stereocenters. The third-order valence-corrected chi connectivity index (χ3v) is 5.43. The molecule has 27 heavy (non-hydrogen) atoms. The van der Waals surface area contributed by atoms with Gasteiger partial charge in [-0.25, -0.2) is 0 Å². The Morgan fingerprint density at radius 2 is 1.96 bits per heavy atom. The van der Waals surface area contributed by atoms with E-state index in [-0.39, 0.29) is 12.3 Å². The van der Waals surface area contributed by atoms with Crippen molar-refractivity contribution in [3.05, 3.63) is 64.4 Å². The number of thiazole rings is 1. The van der Waals surface area contributed by atoms with E-state index in [1.165, 1.54) is 11.3 Å². The SMILES string of the molecule is C=CCn1c(=NC(=O)Cc2ccccc2Cl)sc2cc(OC)c(OC)cc21. The summed E-state index contributed by atoms with van der Waals surface area (Å²) in [7, 11) is 3.18. The maximum atomic E-state index is 12.5. The number of allylic oxidation sites excluding steroid dienone is 1. The predicted octanol–water partition coefficient (Wildman–Crippen LogP) is 4.23. The molecule has 0 saturated carbocycles. The van der Waals surface area contributed by atoms with E-state index in [1.54, 1.807) is 26.4 Å². The van der Waals surface area contributed by atoms with Crippen molar-refractivity contribution in [3.8, 4) is 11.5 Å². The van der Waals surface area contributed by atoms with Crippen molar-refractivity contribution in [1.82, 2.24) is 4.57 Å².